The number of ether oxygens (including phenoxy) is 2. The van der Waals surface area contributed by atoms with E-state index in [0.29, 0.717) is 23.9 Å². The van der Waals surface area contributed by atoms with Crippen LogP contribution in [-0.4, -0.2) is 25.8 Å². The molecule has 1 aliphatic rings. The molecular formula is C22H24F4N2O3. The topological polar surface area (TPSA) is 71.3 Å². The lowest BCUT2D eigenvalue weighted by Crippen LogP contribution is -2.32. The van der Waals surface area contributed by atoms with Crippen LogP contribution in [0.5, 0.6) is 0 Å². The first-order valence-corrected chi connectivity index (χ1v) is 9.72. The largest absolute Gasteiger partial charge is 0.462 e. The average Bonchev–Trinajstić information content (AvgIpc) is 2.70. The number of nitriles is 1. The number of nitrogens with one attached hydrogen (secondary N) is 1. The minimum absolute atomic E-state index is 0.0578. The highest BCUT2D eigenvalue weighted by atomic mass is 19.4. The second-order valence-corrected chi connectivity index (χ2v) is 7.22. The van der Waals surface area contributed by atoms with Gasteiger partial charge in [0, 0.05) is 24.9 Å². The molecule has 1 aromatic rings. The van der Waals surface area contributed by atoms with Crippen LogP contribution >= 0.6 is 0 Å². The van der Waals surface area contributed by atoms with Gasteiger partial charge in [0.05, 0.1) is 41.4 Å². The standard InChI is InChI=1S/C22H24F4N2O3/c1-5-8-31-21(29)20-18(9-12(2)30-4)28-13(3)16(11-27)19(20)15-7-6-14(23)10-17(15)22(24,25)26/h6-7,10,12,19,28H,5,8-9H2,1-4H3. The molecule has 0 bridgehead atoms. The first-order chi connectivity index (χ1) is 14.5. The van der Waals surface area contributed by atoms with Gasteiger partial charge in [-0.3, -0.25) is 0 Å². The van der Waals surface area contributed by atoms with Crippen molar-refractivity contribution in [2.24, 2.45) is 0 Å². The Bertz CT molecular complexity index is 945. The SMILES string of the molecule is CCCOC(=O)C1=C(CC(C)OC)NC(C)=C(C#N)C1c1ccc(F)cc1C(F)(F)F. The van der Waals surface area contributed by atoms with Crippen LogP contribution in [0.1, 0.15) is 50.7 Å². The molecule has 2 unspecified atom stereocenters. The first kappa shape index (κ1) is 24.4. The van der Waals surface area contributed by atoms with Gasteiger partial charge < -0.3 is 14.8 Å². The van der Waals surface area contributed by atoms with Gasteiger partial charge in [0.1, 0.15) is 5.82 Å². The molecule has 31 heavy (non-hydrogen) atoms. The maximum atomic E-state index is 13.8. The number of alkyl halides is 3. The molecule has 0 fully saturated rings. The van der Waals surface area contributed by atoms with Crippen molar-refractivity contribution in [1.29, 1.82) is 5.26 Å². The maximum Gasteiger partial charge on any atom is 0.416 e. The van der Waals surface area contributed by atoms with Crippen molar-refractivity contribution in [2.45, 2.75) is 51.8 Å². The summed E-state index contributed by atoms with van der Waals surface area (Å²) in [7, 11) is 1.46. The molecular weight excluding hydrogens is 416 g/mol. The number of methoxy groups -OCH3 is 1. The van der Waals surface area contributed by atoms with E-state index >= 15 is 0 Å². The molecule has 5 nitrogen and oxygen atoms in total. The molecule has 168 valence electrons. The van der Waals surface area contributed by atoms with E-state index in [0.717, 1.165) is 12.1 Å². The molecule has 0 spiro atoms. The lowest BCUT2D eigenvalue weighted by atomic mass is 9.78. The van der Waals surface area contributed by atoms with Crippen LogP contribution in [0.15, 0.2) is 40.7 Å². The van der Waals surface area contributed by atoms with E-state index in [-0.39, 0.29) is 30.3 Å². The van der Waals surface area contributed by atoms with Crippen molar-refractivity contribution in [2.75, 3.05) is 13.7 Å². The zero-order chi connectivity index (χ0) is 23.3. The molecule has 0 amide bonds. The van der Waals surface area contributed by atoms with Crippen molar-refractivity contribution in [1.82, 2.24) is 5.32 Å². The van der Waals surface area contributed by atoms with Crippen LogP contribution < -0.4 is 5.32 Å². The number of benzene rings is 1. The average molecular weight is 440 g/mol. The number of hydrogen-bond acceptors (Lipinski definition) is 5. The number of carbonyl (C=O) groups excluding carboxylic acids is 1. The van der Waals surface area contributed by atoms with Gasteiger partial charge >= 0.3 is 12.1 Å². The quantitative estimate of drug-likeness (QED) is 0.479. The van der Waals surface area contributed by atoms with Gasteiger partial charge in [0.15, 0.2) is 0 Å². The Kier molecular flexibility index (Phi) is 7.85. The third kappa shape index (κ3) is 5.44. The summed E-state index contributed by atoms with van der Waals surface area (Å²) >= 11 is 0. The smallest absolute Gasteiger partial charge is 0.416 e. The van der Waals surface area contributed by atoms with E-state index in [9.17, 15) is 27.6 Å². The number of allylic oxidation sites excluding steroid dienone is 2. The third-order valence-electron chi connectivity index (χ3n) is 4.95. The van der Waals surface area contributed by atoms with Gasteiger partial charge in [-0.25, -0.2) is 9.18 Å². The first-order valence-electron chi connectivity index (χ1n) is 9.72. The number of rotatable bonds is 7. The van der Waals surface area contributed by atoms with Gasteiger partial charge in [0.2, 0.25) is 0 Å². The van der Waals surface area contributed by atoms with E-state index in [4.69, 9.17) is 9.47 Å². The number of hydrogen-bond donors (Lipinski definition) is 1. The lowest BCUT2D eigenvalue weighted by Gasteiger charge is -2.32. The Balaban J connectivity index is 2.81. The summed E-state index contributed by atoms with van der Waals surface area (Å²) in [5, 5.41) is 12.7. The number of dihydropyridines is 1. The van der Waals surface area contributed by atoms with Crippen LogP contribution in [-0.2, 0) is 20.4 Å². The van der Waals surface area contributed by atoms with Gasteiger partial charge in [-0.15, -0.1) is 0 Å². The summed E-state index contributed by atoms with van der Waals surface area (Å²) in [6, 6.07) is 4.12. The normalized spacial score (nSPS) is 17.8. The highest BCUT2D eigenvalue weighted by Crippen LogP contribution is 2.44. The predicted molar refractivity (Wildman–Crippen MR) is 105 cm³/mol. The third-order valence-corrected chi connectivity index (χ3v) is 4.95. The van der Waals surface area contributed by atoms with E-state index in [2.05, 4.69) is 5.32 Å². The molecule has 2 rings (SSSR count). The monoisotopic (exact) mass is 440 g/mol. The molecule has 0 aliphatic carbocycles. The number of halogens is 4. The fourth-order valence-corrected chi connectivity index (χ4v) is 3.43. The molecule has 0 saturated heterocycles. The summed E-state index contributed by atoms with van der Waals surface area (Å²) in [5.41, 5.74) is -1.23. The molecule has 0 radical (unpaired) electrons. The van der Waals surface area contributed by atoms with Crippen LogP contribution in [0.2, 0.25) is 0 Å². The van der Waals surface area contributed by atoms with Gasteiger partial charge in [0.25, 0.3) is 0 Å². The highest BCUT2D eigenvalue weighted by molar-refractivity contribution is 5.93. The molecule has 0 saturated carbocycles. The highest BCUT2D eigenvalue weighted by Gasteiger charge is 2.42. The Morgan fingerprint density at radius 3 is 2.58 bits per heavy atom. The summed E-state index contributed by atoms with van der Waals surface area (Å²) < 4.78 is 65.5. The zero-order valence-corrected chi connectivity index (χ0v) is 17.7. The maximum absolute atomic E-state index is 13.8. The Hall–Kier alpha value is -2.86. The van der Waals surface area contributed by atoms with E-state index in [1.807, 2.05) is 6.07 Å². The van der Waals surface area contributed by atoms with Crippen molar-refractivity contribution >= 4 is 5.97 Å². The zero-order valence-electron chi connectivity index (χ0n) is 17.7. The summed E-state index contributed by atoms with van der Waals surface area (Å²) in [6.45, 7) is 5.10. The Labute approximate surface area is 178 Å². The van der Waals surface area contributed by atoms with Crippen molar-refractivity contribution in [3.63, 3.8) is 0 Å². The molecule has 2 atom stereocenters. The second-order valence-electron chi connectivity index (χ2n) is 7.22. The molecule has 1 aliphatic heterocycles. The van der Waals surface area contributed by atoms with E-state index < -0.39 is 35.0 Å². The van der Waals surface area contributed by atoms with Crippen molar-refractivity contribution < 1.29 is 31.8 Å². The number of esters is 1. The number of carbonyl (C=O) groups is 1. The van der Waals surface area contributed by atoms with Crippen molar-refractivity contribution in [3.05, 3.63) is 57.7 Å². The van der Waals surface area contributed by atoms with E-state index in [1.165, 1.54) is 14.0 Å². The fourth-order valence-electron chi connectivity index (χ4n) is 3.43. The van der Waals surface area contributed by atoms with Gasteiger partial charge in [-0.1, -0.05) is 13.0 Å². The molecule has 1 aromatic carbocycles. The van der Waals surface area contributed by atoms with Crippen LogP contribution in [0, 0.1) is 17.1 Å². The second kappa shape index (κ2) is 9.96. The number of nitrogens with zero attached hydrogens (tertiary/aromatic N) is 1. The summed E-state index contributed by atoms with van der Waals surface area (Å²) in [5.74, 6) is -3.28. The van der Waals surface area contributed by atoms with E-state index in [1.54, 1.807) is 13.8 Å². The summed E-state index contributed by atoms with van der Waals surface area (Å²) in [6.07, 6.45) is -4.59. The van der Waals surface area contributed by atoms with Crippen molar-refractivity contribution in [3.8, 4) is 6.07 Å². The lowest BCUT2D eigenvalue weighted by molar-refractivity contribution is -0.141. The molecule has 9 heteroatoms. The van der Waals surface area contributed by atoms with Crippen LogP contribution in [0.25, 0.3) is 0 Å². The van der Waals surface area contributed by atoms with Crippen LogP contribution in [0.4, 0.5) is 17.6 Å². The Morgan fingerprint density at radius 1 is 1.35 bits per heavy atom. The molecule has 1 heterocycles. The predicted octanol–water partition coefficient (Wildman–Crippen LogP) is 4.96. The van der Waals surface area contributed by atoms with Gasteiger partial charge in [-0.2, -0.15) is 18.4 Å². The Morgan fingerprint density at radius 2 is 2.03 bits per heavy atom. The molecule has 0 aromatic heterocycles. The summed E-state index contributed by atoms with van der Waals surface area (Å²) in [4.78, 5) is 13.0. The minimum Gasteiger partial charge on any atom is -0.462 e. The fraction of sp³-hybridized carbons (Fsp3) is 0.455. The van der Waals surface area contributed by atoms with Crippen LogP contribution in [0.3, 0.4) is 0 Å². The van der Waals surface area contributed by atoms with Gasteiger partial charge in [-0.05, 0) is 38.0 Å². The molecule has 1 N–H and O–H groups in total. The minimum atomic E-state index is -4.89.